The first-order chi connectivity index (χ1) is 7.54. The summed E-state index contributed by atoms with van der Waals surface area (Å²) in [5.74, 6) is 0.576. The van der Waals surface area contributed by atoms with Crippen LogP contribution in [0, 0.1) is 0 Å². The van der Waals surface area contributed by atoms with E-state index in [1.807, 2.05) is 20.8 Å². The molecule has 0 radical (unpaired) electrons. The number of pyridine rings is 1. The van der Waals surface area contributed by atoms with E-state index in [9.17, 15) is 4.79 Å². The van der Waals surface area contributed by atoms with Gasteiger partial charge in [0.15, 0.2) is 0 Å². The van der Waals surface area contributed by atoms with Crippen molar-refractivity contribution in [3.8, 4) is 0 Å². The maximum Gasteiger partial charge on any atom is 0.251 e. The van der Waals surface area contributed by atoms with Crippen molar-refractivity contribution in [2.75, 3.05) is 12.3 Å². The van der Waals surface area contributed by atoms with Gasteiger partial charge in [-0.1, -0.05) is 20.8 Å². The van der Waals surface area contributed by atoms with Gasteiger partial charge in [0.25, 0.3) is 5.91 Å². The van der Waals surface area contributed by atoms with Crippen LogP contribution in [0.25, 0.3) is 0 Å². The highest BCUT2D eigenvalue weighted by atomic mass is 16.1. The molecule has 0 aliphatic heterocycles. The molecule has 1 rings (SSSR count). The fraction of sp³-hybridized carbons (Fsp3) is 0.500. The van der Waals surface area contributed by atoms with E-state index < -0.39 is 0 Å². The number of nitrogen functional groups attached to an aromatic ring is 1. The molecule has 3 N–H and O–H groups in total. The van der Waals surface area contributed by atoms with Crippen molar-refractivity contribution in [1.29, 1.82) is 0 Å². The summed E-state index contributed by atoms with van der Waals surface area (Å²) in [6.07, 6.45) is 0.920. The van der Waals surface area contributed by atoms with E-state index in [4.69, 9.17) is 5.73 Å². The van der Waals surface area contributed by atoms with Crippen LogP contribution in [0.5, 0.6) is 0 Å². The lowest BCUT2D eigenvalue weighted by molar-refractivity contribution is 0.0953. The number of aromatic nitrogens is 1. The number of carbonyl (C=O) groups is 1. The monoisotopic (exact) mass is 221 g/mol. The number of hydrogen-bond donors (Lipinski definition) is 2. The fourth-order valence-electron chi connectivity index (χ4n) is 1.34. The molecule has 1 aromatic heterocycles. The van der Waals surface area contributed by atoms with Crippen LogP contribution < -0.4 is 11.1 Å². The van der Waals surface area contributed by atoms with E-state index in [1.165, 1.54) is 0 Å². The summed E-state index contributed by atoms with van der Waals surface area (Å²) in [4.78, 5) is 15.9. The third kappa shape index (κ3) is 3.22. The molecule has 16 heavy (non-hydrogen) atoms. The number of rotatable bonds is 4. The molecule has 0 aliphatic rings. The van der Waals surface area contributed by atoms with Crippen LogP contribution in [0.2, 0.25) is 0 Å². The van der Waals surface area contributed by atoms with E-state index in [2.05, 4.69) is 10.3 Å². The molecule has 4 heteroatoms. The van der Waals surface area contributed by atoms with Gasteiger partial charge < -0.3 is 11.1 Å². The SMILES string of the molecule is CCCNC(=O)c1cc(N)nc(C(C)C)c1. The van der Waals surface area contributed by atoms with Crippen molar-refractivity contribution in [2.45, 2.75) is 33.1 Å². The minimum absolute atomic E-state index is 0.0853. The summed E-state index contributed by atoms with van der Waals surface area (Å²) >= 11 is 0. The van der Waals surface area contributed by atoms with E-state index in [1.54, 1.807) is 12.1 Å². The standard InChI is InChI=1S/C12H19N3O/c1-4-5-14-12(16)9-6-10(8(2)3)15-11(13)7-9/h6-8H,4-5H2,1-3H3,(H2,13,15)(H,14,16). The molecule has 0 bridgehead atoms. The number of nitrogens with two attached hydrogens (primary N) is 1. The van der Waals surface area contributed by atoms with Crippen molar-refractivity contribution in [2.24, 2.45) is 0 Å². The summed E-state index contributed by atoms with van der Waals surface area (Å²) in [7, 11) is 0. The number of nitrogens with one attached hydrogen (secondary N) is 1. The Morgan fingerprint density at radius 2 is 2.19 bits per heavy atom. The third-order valence-corrected chi connectivity index (χ3v) is 2.25. The number of hydrogen-bond acceptors (Lipinski definition) is 3. The van der Waals surface area contributed by atoms with Crippen LogP contribution in [0.1, 0.15) is 49.2 Å². The van der Waals surface area contributed by atoms with Crippen LogP contribution in [-0.4, -0.2) is 17.4 Å². The molecule has 0 saturated carbocycles. The smallest absolute Gasteiger partial charge is 0.251 e. The Kier molecular flexibility index (Phi) is 4.28. The largest absolute Gasteiger partial charge is 0.384 e. The lowest BCUT2D eigenvalue weighted by Gasteiger charge is -2.09. The summed E-state index contributed by atoms with van der Waals surface area (Å²) in [5, 5.41) is 2.82. The van der Waals surface area contributed by atoms with Crippen molar-refractivity contribution < 1.29 is 4.79 Å². The number of anilines is 1. The van der Waals surface area contributed by atoms with Gasteiger partial charge in [0.2, 0.25) is 0 Å². The van der Waals surface area contributed by atoms with Gasteiger partial charge in [-0.15, -0.1) is 0 Å². The van der Waals surface area contributed by atoms with Gasteiger partial charge in [-0.3, -0.25) is 4.79 Å². The molecule has 0 fully saturated rings. The van der Waals surface area contributed by atoms with Gasteiger partial charge in [-0.25, -0.2) is 4.98 Å². The minimum Gasteiger partial charge on any atom is -0.384 e. The molecule has 0 aliphatic carbocycles. The average molecular weight is 221 g/mol. The zero-order chi connectivity index (χ0) is 12.1. The first-order valence-corrected chi connectivity index (χ1v) is 5.60. The molecule has 0 unspecified atom stereocenters. The third-order valence-electron chi connectivity index (χ3n) is 2.25. The quantitative estimate of drug-likeness (QED) is 0.816. The van der Waals surface area contributed by atoms with E-state index >= 15 is 0 Å². The molecular weight excluding hydrogens is 202 g/mol. The number of carbonyl (C=O) groups excluding carboxylic acids is 1. The Labute approximate surface area is 96.3 Å². The summed E-state index contributed by atoms with van der Waals surface area (Å²) in [6, 6.07) is 3.41. The number of amides is 1. The molecule has 88 valence electrons. The van der Waals surface area contributed by atoms with E-state index in [0.717, 1.165) is 12.1 Å². The predicted octanol–water partition coefficient (Wildman–Crippen LogP) is 1.93. The zero-order valence-corrected chi connectivity index (χ0v) is 10.1. The number of nitrogens with zero attached hydrogens (tertiary/aromatic N) is 1. The predicted molar refractivity (Wildman–Crippen MR) is 65.4 cm³/mol. The molecule has 0 spiro atoms. The maximum absolute atomic E-state index is 11.7. The Hall–Kier alpha value is -1.58. The summed E-state index contributed by atoms with van der Waals surface area (Å²) in [5.41, 5.74) is 7.11. The van der Waals surface area contributed by atoms with E-state index in [0.29, 0.717) is 17.9 Å². The molecule has 1 heterocycles. The fourth-order valence-corrected chi connectivity index (χ4v) is 1.34. The van der Waals surface area contributed by atoms with Crippen LogP contribution >= 0.6 is 0 Å². The van der Waals surface area contributed by atoms with Crippen molar-refractivity contribution in [3.05, 3.63) is 23.4 Å². The molecule has 1 amide bonds. The van der Waals surface area contributed by atoms with Crippen LogP contribution in [-0.2, 0) is 0 Å². The summed E-state index contributed by atoms with van der Waals surface area (Å²) < 4.78 is 0. The molecule has 0 aromatic carbocycles. The second-order valence-electron chi connectivity index (χ2n) is 4.12. The van der Waals surface area contributed by atoms with Gasteiger partial charge in [0, 0.05) is 17.8 Å². The first kappa shape index (κ1) is 12.5. The van der Waals surface area contributed by atoms with Crippen molar-refractivity contribution in [1.82, 2.24) is 10.3 Å². The lowest BCUT2D eigenvalue weighted by Crippen LogP contribution is -2.24. The van der Waals surface area contributed by atoms with Crippen molar-refractivity contribution in [3.63, 3.8) is 0 Å². The average Bonchev–Trinajstić information content (AvgIpc) is 2.24. The van der Waals surface area contributed by atoms with Crippen LogP contribution in [0.4, 0.5) is 5.82 Å². The molecule has 1 aromatic rings. The Morgan fingerprint density at radius 1 is 1.50 bits per heavy atom. The lowest BCUT2D eigenvalue weighted by atomic mass is 10.1. The highest BCUT2D eigenvalue weighted by Gasteiger charge is 2.10. The highest BCUT2D eigenvalue weighted by molar-refractivity contribution is 5.94. The Balaban J connectivity index is 2.91. The normalized spacial score (nSPS) is 10.5. The van der Waals surface area contributed by atoms with Crippen LogP contribution in [0.3, 0.4) is 0 Å². The highest BCUT2D eigenvalue weighted by Crippen LogP contribution is 2.15. The Morgan fingerprint density at radius 3 is 2.75 bits per heavy atom. The zero-order valence-electron chi connectivity index (χ0n) is 10.1. The van der Waals surface area contributed by atoms with Crippen molar-refractivity contribution >= 4 is 11.7 Å². The van der Waals surface area contributed by atoms with Gasteiger partial charge >= 0.3 is 0 Å². The topological polar surface area (TPSA) is 68.0 Å². The molecular formula is C12H19N3O. The summed E-state index contributed by atoms with van der Waals surface area (Å²) in [6.45, 7) is 6.74. The first-order valence-electron chi connectivity index (χ1n) is 5.60. The molecule has 0 saturated heterocycles. The van der Waals surface area contributed by atoms with Gasteiger partial charge in [-0.2, -0.15) is 0 Å². The molecule has 0 atom stereocenters. The maximum atomic E-state index is 11.7. The molecule has 4 nitrogen and oxygen atoms in total. The van der Waals surface area contributed by atoms with Gasteiger partial charge in [-0.05, 0) is 24.5 Å². The van der Waals surface area contributed by atoms with E-state index in [-0.39, 0.29) is 11.8 Å². The van der Waals surface area contributed by atoms with Gasteiger partial charge in [0.1, 0.15) is 5.82 Å². The van der Waals surface area contributed by atoms with Gasteiger partial charge in [0.05, 0.1) is 0 Å². The second kappa shape index (κ2) is 5.49. The Bertz CT molecular complexity index is 375. The second-order valence-corrected chi connectivity index (χ2v) is 4.12. The van der Waals surface area contributed by atoms with Crippen LogP contribution in [0.15, 0.2) is 12.1 Å². The minimum atomic E-state index is -0.0853.